The minimum Gasteiger partial charge on any atom is -0.492 e. The second-order valence-corrected chi connectivity index (χ2v) is 4.96. The van der Waals surface area contributed by atoms with Crippen molar-refractivity contribution in [3.8, 4) is 5.75 Å². The molecule has 0 fully saturated rings. The molecule has 0 aliphatic rings. The Labute approximate surface area is 140 Å². The maximum Gasteiger partial charge on any atom is 0.339 e. The van der Waals surface area contributed by atoms with Gasteiger partial charge in [0.2, 0.25) is 0 Å². The van der Waals surface area contributed by atoms with Gasteiger partial charge in [0, 0.05) is 12.4 Å². The molecule has 6 heteroatoms. The Morgan fingerprint density at radius 1 is 1.12 bits per heavy atom. The van der Waals surface area contributed by atoms with Crippen LogP contribution in [0.5, 0.6) is 5.75 Å². The molecule has 1 aromatic heterocycles. The van der Waals surface area contributed by atoms with E-state index in [1.165, 1.54) is 24.5 Å². The van der Waals surface area contributed by atoms with Gasteiger partial charge in [0.05, 0.1) is 17.9 Å². The number of nitrogens with zero attached hydrogens (tertiary/aromatic N) is 1. The lowest BCUT2D eigenvalue weighted by Gasteiger charge is -2.17. The van der Waals surface area contributed by atoms with Crippen LogP contribution in [0.15, 0.2) is 48.8 Å². The van der Waals surface area contributed by atoms with E-state index in [2.05, 4.69) is 10.3 Å². The summed E-state index contributed by atoms with van der Waals surface area (Å²) in [6.45, 7) is 4.13. The third kappa shape index (κ3) is 4.55. The van der Waals surface area contributed by atoms with Crippen molar-refractivity contribution in [3.63, 3.8) is 0 Å². The lowest BCUT2D eigenvalue weighted by Crippen LogP contribution is -2.32. The SMILES string of the molecule is CCOc1ccccc1NC(=O)C(CC)OC(=O)c1ccncc1. The number of nitrogens with one attached hydrogen (secondary N) is 1. The van der Waals surface area contributed by atoms with Crippen LogP contribution in [-0.2, 0) is 9.53 Å². The van der Waals surface area contributed by atoms with Crippen LogP contribution in [0.3, 0.4) is 0 Å². The van der Waals surface area contributed by atoms with Crippen molar-refractivity contribution in [1.29, 1.82) is 0 Å². The van der Waals surface area contributed by atoms with Gasteiger partial charge in [-0.15, -0.1) is 0 Å². The van der Waals surface area contributed by atoms with Crippen molar-refractivity contribution in [3.05, 3.63) is 54.4 Å². The molecular weight excluding hydrogens is 308 g/mol. The number of esters is 1. The second kappa shape index (κ2) is 8.67. The summed E-state index contributed by atoms with van der Waals surface area (Å²) >= 11 is 0. The van der Waals surface area contributed by atoms with Gasteiger partial charge >= 0.3 is 5.97 Å². The molecule has 0 saturated heterocycles. The van der Waals surface area contributed by atoms with Crippen LogP contribution >= 0.6 is 0 Å². The van der Waals surface area contributed by atoms with Crippen molar-refractivity contribution >= 4 is 17.6 Å². The van der Waals surface area contributed by atoms with E-state index in [0.717, 1.165) is 0 Å². The van der Waals surface area contributed by atoms with E-state index in [1.54, 1.807) is 25.1 Å². The topological polar surface area (TPSA) is 77.5 Å². The Balaban J connectivity index is 2.05. The van der Waals surface area contributed by atoms with E-state index in [-0.39, 0.29) is 0 Å². The number of carbonyl (C=O) groups is 2. The summed E-state index contributed by atoms with van der Waals surface area (Å²) in [6, 6.07) is 10.2. The second-order valence-electron chi connectivity index (χ2n) is 4.96. The third-order valence-corrected chi connectivity index (χ3v) is 3.27. The monoisotopic (exact) mass is 328 g/mol. The number of para-hydroxylation sites is 2. The number of pyridine rings is 1. The van der Waals surface area contributed by atoms with Crippen LogP contribution in [0.2, 0.25) is 0 Å². The molecule has 0 aliphatic heterocycles. The molecule has 0 saturated carbocycles. The quantitative estimate of drug-likeness (QED) is 0.790. The fraction of sp³-hybridized carbons (Fsp3) is 0.278. The Morgan fingerprint density at radius 3 is 2.50 bits per heavy atom. The molecular formula is C18H20N2O4. The highest BCUT2D eigenvalue weighted by Gasteiger charge is 2.22. The summed E-state index contributed by atoms with van der Waals surface area (Å²) < 4.78 is 10.8. The highest BCUT2D eigenvalue weighted by molar-refractivity contribution is 5.98. The number of ether oxygens (including phenoxy) is 2. The minimum absolute atomic E-state index is 0.353. The zero-order valence-electron chi connectivity index (χ0n) is 13.7. The molecule has 1 heterocycles. The molecule has 2 rings (SSSR count). The molecule has 2 aromatic rings. The van der Waals surface area contributed by atoms with Gasteiger partial charge in [-0.05, 0) is 37.6 Å². The Hall–Kier alpha value is -2.89. The highest BCUT2D eigenvalue weighted by Crippen LogP contribution is 2.24. The van der Waals surface area contributed by atoms with Crippen molar-refractivity contribution in [1.82, 2.24) is 4.98 Å². The van der Waals surface area contributed by atoms with Gasteiger partial charge in [-0.1, -0.05) is 19.1 Å². The fourth-order valence-corrected chi connectivity index (χ4v) is 2.07. The maximum atomic E-state index is 12.4. The number of anilines is 1. The van der Waals surface area contributed by atoms with Gasteiger partial charge in [0.15, 0.2) is 6.10 Å². The van der Waals surface area contributed by atoms with Crippen LogP contribution in [0, 0.1) is 0 Å². The average molecular weight is 328 g/mol. The van der Waals surface area contributed by atoms with E-state index >= 15 is 0 Å². The molecule has 0 spiro atoms. The third-order valence-electron chi connectivity index (χ3n) is 3.27. The zero-order valence-corrected chi connectivity index (χ0v) is 13.7. The smallest absolute Gasteiger partial charge is 0.339 e. The van der Waals surface area contributed by atoms with E-state index in [4.69, 9.17) is 9.47 Å². The number of benzene rings is 1. The average Bonchev–Trinajstić information content (AvgIpc) is 2.62. The molecule has 1 N–H and O–H groups in total. The number of amides is 1. The number of aromatic nitrogens is 1. The van der Waals surface area contributed by atoms with Gasteiger partial charge in [-0.3, -0.25) is 9.78 Å². The molecule has 1 unspecified atom stereocenters. The summed E-state index contributed by atoms with van der Waals surface area (Å²) in [5, 5.41) is 2.75. The molecule has 24 heavy (non-hydrogen) atoms. The van der Waals surface area contributed by atoms with E-state index in [1.807, 2.05) is 13.0 Å². The zero-order chi connectivity index (χ0) is 17.4. The van der Waals surface area contributed by atoms with Crippen molar-refractivity contribution in [2.75, 3.05) is 11.9 Å². The van der Waals surface area contributed by atoms with Gasteiger partial charge in [0.1, 0.15) is 5.75 Å². The summed E-state index contributed by atoms with van der Waals surface area (Å²) in [5.74, 6) is -0.381. The lowest BCUT2D eigenvalue weighted by atomic mass is 10.2. The first-order valence-corrected chi connectivity index (χ1v) is 7.79. The molecule has 1 atom stereocenters. The van der Waals surface area contributed by atoms with Crippen molar-refractivity contribution < 1.29 is 19.1 Å². The summed E-state index contributed by atoms with van der Waals surface area (Å²) in [7, 11) is 0. The normalized spacial score (nSPS) is 11.4. The molecule has 126 valence electrons. The molecule has 0 bridgehead atoms. The van der Waals surface area contributed by atoms with E-state index in [9.17, 15) is 9.59 Å². The number of hydrogen-bond donors (Lipinski definition) is 1. The number of rotatable bonds is 7. The molecule has 0 radical (unpaired) electrons. The molecule has 1 amide bonds. The Kier molecular flexibility index (Phi) is 6.31. The van der Waals surface area contributed by atoms with Crippen molar-refractivity contribution in [2.24, 2.45) is 0 Å². The number of carbonyl (C=O) groups excluding carboxylic acids is 2. The Morgan fingerprint density at radius 2 is 1.83 bits per heavy atom. The summed E-state index contributed by atoms with van der Waals surface area (Å²) in [6.07, 6.45) is 2.46. The van der Waals surface area contributed by atoms with E-state index < -0.39 is 18.0 Å². The predicted molar refractivity (Wildman–Crippen MR) is 90.0 cm³/mol. The van der Waals surface area contributed by atoms with Crippen LogP contribution in [0.1, 0.15) is 30.6 Å². The van der Waals surface area contributed by atoms with Gasteiger partial charge < -0.3 is 14.8 Å². The lowest BCUT2D eigenvalue weighted by molar-refractivity contribution is -0.124. The molecule has 0 aliphatic carbocycles. The van der Waals surface area contributed by atoms with Gasteiger partial charge in [0.25, 0.3) is 5.91 Å². The summed E-state index contributed by atoms with van der Waals surface area (Å²) in [5.41, 5.74) is 0.897. The van der Waals surface area contributed by atoms with Gasteiger partial charge in [-0.25, -0.2) is 4.79 Å². The first-order valence-electron chi connectivity index (χ1n) is 7.79. The highest BCUT2D eigenvalue weighted by atomic mass is 16.5. The minimum atomic E-state index is -0.889. The number of hydrogen-bond acceptors (Lipinski definition) is 5. The first kappa shape index (κ1) is 17.5. The largest absolute Gasteiger partial charge is 0.492 e. The Bertz CT molecular complexity index is 688. The van der Waals surface area contributed by atoms with Crippen LogP contribution < -0.4 is 10.1 Å². The fourth-order valence-electron chi connectivity index (χ4n) is 2.07. The van der Waals surface area contributed by atoms with Crippen molar-refractivity contribution in [2.45, 2.75) is 26.4 Å². The van der Waals surface area contributed by atoms with E-state index in [0.29, 0.717) is 30.0 Å². The predicted octanol–water partition coefficient (Wildman–Crippen LogP) is 3.05. The van der Waals surface area contributed by atoms with Crippen LogP contribution in [0.4, 0.5) is 5.69 Å². The summed E-state index contributed by atoms with van der Waals surface area (Å²) in [4.78, 5) is 28.3. The standard InChI is InChI=1S/C18H20N2O4/c1-3-15(24-18(22)13-9-11-19-12-10-13)17(21)20-14-7-5-6-8-16(14)23-4-2/h5-12,15H,3-4H2,1-2H3,(H,20,21). The maximum absolute atomic E-state index is 12.4. The van der Waals surface area contributed by atoms with Crippen LogP contribution in [0.25, 0.3) is 0 Å². The molecule has 6 nitrogen and oxygen atoms in total. The van der Waals surface area contributed by atoms with Gasteiger partial charge in [-0.2, -0.15) is 0 Å². The first-order chi connectivity index (χ1) is 11.7. The molecule has 1 aromatic carbocycles. The van der Waals surface area contributed by atoms with Crippen LogP contribution in [-0.4, -0.2) is 29.6 Å².